The van der Waals surface area contributed by atoms with Gasteiger partial charge >= 0.3 is 0 Å². The van der Waals surface area contributed by atoms with E-state index in [1.807, 2.05) is 0 Å². The Labute approximate surface area is 156 Å². The Bertz CT molecular complexity index is 855. The second kappa shape index (κ2) is 7.65. The summed E-state index contributed by atoms with van der Waals surface area (Å²) in [6, 6.07) is 19.7. The molecule has 4 rings (SSSR count). The van der Waals surface area contributed by atoms with E-state index in [4.69, 9.17) is 4.42 Å². The van der Waals surface area contributed by atoms with Crippen LogP contribution in [0.2, 0.25) is 0 Å². The number of hydrogen-bond donors (Lipinski definition) is 0. The SMILES string of the molecule is CC(c1ccccc1)N(C)CCCN1CCc2oc3ccccc3c2C1. The molecule has 1 aliphatic rings. The molecule has 2 heterocycles. The van der Waals surface area contributed by atoms with Crippen molar-refractivity contribution in [2.75, 3.05) is 26.7 Å². The lowest BCUT2D eigenvalue weighted by Gasteiger charge is -2.29. The van der Waals surface area contributed by atoms with E-state index < -0.39 is 0 Å². The zero-order chi connectivity index (χ0) is 17.9. The van der Waals surface area contributed by atoms with Crippen molar-refractivity contribution in [3.8, 4) is 0 Å². The van der Waals surface area contributed by atoms with E-state index in [1.54, 1.807) is 0 Å². The third-order valence-corrected chi connectivity index (χ3v) is 5.75. The van der Waals surface area contributed by atoms with Crippen LogP contribution in [-0.4, -0.2) is 36.5 Å². The van der Waals surface area contributed by atoms with Crippen LogP contribution in [0.25, 0.3) is 11.0 Å². The highest BCUT2D eigenvalue weighted by Gasteiger charge is 2.22. The monoisotopic (exact) mass is 348 g/mol. The Kier molecular flexibility index (Phi) is 5.09. The first-order valence-corrected chi connectivity index (χ1v) is 9.69. The van der Waals surface area contributed by atoms with Gasteiger partial charge in [-0.3, -0.25) is 9.80 Å². The number of benzene rings is 2. The molecule has 0 amide bonds. The first-order valence-electron chi connectivity index (χ1n) is 9.69. The van der Waals surface area contributed by atoms with Gasteiger partial charge in [-0.25, -0.2) is 0 Å². The fourth-order valence-corrected chi connectivity index (χ4v) is 4.00. The highest BCUT2D eigenvalue weighted by molar-refractivity contribution is 5.82. The highest BCUT2D eigenvalue weighted by atomic mass is 16.3. The first kappa shape index (κ1) is 17.3. The molecule has 0 saturated heterocycles. The third kappa shape index (κ3) is 3.55. The zero-order valence-corrected chi connectivity index (χ0v) is 15.8. The van der Waals surface area contributed by atoms with E-state index in [0.717, 1.165) is 38.2 Å². The van der Waals surface area contributed by atoms with Crippen LogP contribution < -0.4 is 0 Å². The van der Waals surface area contributed by atoms with E-state index in [9.17, 15) is 0 Å². The normalized spacial score (nSPS) is 16.1. The lowest BCUT2D eigenvalue weighted by atomic mass is 10.0. The van der Waals surface area contributed by atoms with Crippen LogP contribution >= 0.6 is 0 Å². The number of para-hydroxylation sites is 1. The second-order valence-electron chi connectivity index (χ2n) is 7.45. The second-order valence-corrected chi connectivity index (χ2v) is 7.45. The van der Waals surface area contributed by atoms with Crippen LogP contribution in [0, 0.1) is 0 Å². The molecule has 3 nitrogen and oxygen atoms in total. The largest absolute Gasteiger partial charge is 0.461 e. The Morgan fingerprint density at radius 3 is 2.69 bits per heavy atom. The van der Waals surface area contributed by atoms with Crippen molar-refractivity contribution in [3.05, 3.63) is 71.5 Å². The highest BCUT2D eigenvalue weighted by Crippen LogP contribution is 2.30. The van der Waals surface area contributed by atoms with E-state index in [0.29, 0.717) is 6.04 Å². The molecule has 1 atom stereocenters. The number of rotatable bonds is 6. The molecule has 0 aliphatic carbocycles. The van der Waals surface area contributed by atoms with Gasteiger partial charge in [0.1, 0.15) is 11.3 Å². The topological polar surface area (TPSA) is 19.6 Å². The van der Waals surface area contributed by atoms with Crippen molar-refractivity contribution < 1.29 is 4.42 Å². The van der Waals surface area contributed by atoms with E-state index in [1.165, 1.54) is 28.7 Å². The van der Waals surface area contributed by atoms with Crippen molar-refractivity contribution in [3.63, 3.8) is 0 Å². The number of nitrogens with zero attached hydrogens (tertiary/aromatic N) is 2. The summed E-state index contributed by atoms with van der Waals surface area (Å²) in [5, 5.41) is 1.29. The van der Waals surface area contributed by atoms with Crippen LogP contribution in [0.1, 0.15) is 36.3 Å². The van der Waals surface area contributed by atoms with Gasteiger partial charge in [0.15, 0.2) is 0 Å². The summed E-state index contributed by atoms with van der Waals surface area (Å²) in [6.45, 7) is 6.67. The molecule has 0 bridgehead atoms. The number of fused-ring (bicyclic) bond motifs is 3. The average Bonchev–Trinajstić information content (AvgIpc) is 3.06. The summed E-state index contributed by atoms with van der Waals surface area (Å²) in [6.07, 6.45) is 2.22. The standard InChI is InChI=1S/C23H28N2O/c1-18(19-9-4-3-5-10-19)24(2)14-8-15-25-16-13-23-21(17-25)20-11-6-7-12-22(20)26-23/h3-7,9-12,18H,8,13-17H2,1-2H3. The van der Waals surface area contributed by atoms with Crippen LogP contribution in [0.5, 0.6) is 0 Å². The summed E-state index contributed by atoms with van der Waals surface area (Å²) in [7, 11) is 2.23. The van der Waals surface area contributed by atoms with Gasteiger partial charge in [-0.2, -0.15) is 0 Å². The molecule has 3 heteroatoms. The van der Waals surface area contributed by atoms with Crippen molar-refractivity contribution in [1.82, 2.24) is 9.80 Å². The number of hydrogen-bond acceptors (Lipinski definition) is 3. The Hall–Kier alpha value is -2.10. The lowest BCUT2D eigenvalue weighted by molar-refractivity contribution is 0.206. The van der Waals surface area contributed by atoms with E-state index in [2.05, 4.69) is 78.4 Å². The molecule has 26 heavy (non-hydrogen) atoms. The molecule has 3 aromatic rings. The molecule has 0 saturated carbocycles. The minimum absolute atomic E-state index is 0.460. The maximum absolute atomic E-state index is 6.03. The summed E-state index contributed by atoms with van der Waals surface area (Å²) in [4.78, 5) is 5.03. The molecule has 1 aromatic heterocycles. The average molecular weight is 348 g/mol. The summed E-state index contributed by atoms with van der Waals surface area (Å²) < 4.78 is 6.03. The molecule has 0 fully saturated rings. The molecule has 136 valence electrons. The van der Waals surface area contributed by atoms with Crippen molar-refractivity contribution in [2.24, 2.45) is 0 Å². The van der Waals surface area contributed by atoms with Crippen molar-refractivity contribution in [1.29, 1.82) is 0 Å². The van der Waals surface area contributed by atoms with Crippen molar-refractivity contribution in [2.45, 2.75) is 32.4 Å². The van der Waals surface area contributed by atoms with Gasteiger partial charge in [-0.15, -0.1) is 0 Å². The molecule has 0 N–H and O–H groups in total. The molecule has 0 radical (unpaired) electrons. The predicted molar refractivity (Wildman–Crippen MR) is 107 cm³/mol. The van der Waals surface area contributed by atoms with Gasteiger partial charge in [0.25, 0.3) is 0 Å². The fourth-order valence-electron chi connectivity index (χ4n) is 4.00. The minimum Gasteiger partial charge on any atom is -0.461 e. The smallest absolute Gasteiger partial charge is 0.134 e. The summed E-state index contributed by atoms with van der Waals surface area (Å²) in [5.74, 6) is 1.19. The summed E-state index contributed by atoms with van der Waals surface area (Å²) >= 11 is 0. The minimum atomic E-state index is 0.460. The van der Waals surface area contributed by atoms with E-state index in [-0.39, 0.29) is 0 Å². The van der Waals surface area contributed by atoms with Crippen molar-refractivity contribution >= 4 is 11.0 Å². The van der Waals surface area contributed by atoms with Gasteiger partial charge < -0.3 is 4.42 Å². The Balaban J connectivity index is 1.32. The van der Waals surface area contributed by atoms with Gasteiger partial charge in [-0.1, -0.05) is 48.5 Å². The molecule has 1 aliphatic heterocycles. The van der Waals surface area contributed by atoms with Gasteiger partial charge in [0.05, 0.1) is 0 Å². The fraction of sp³-hybridized carbons (Fsp3) is 0.391. The number of furan rings is 1. The summed E-state index contributed by atoms with van der Waals surface area (Å²) in [5.41, 5.74) is 3.83. The van der Waals surface area contributed by atoms with Gasteiger partial charge in [-0.05, 0) is 45.1 Å². The van der Waals surface area contributed by atoms with Crippen LogP contribution in [0.15, 0.2) is 59.0 Å². The third-order valence-electron chi connectivity index (χ3n) is 5.75. The molecule has 0 spiro atoms. The van der Waals surface area contributed by atoms with Crippen LogP contribution in [0.4, 0.5) is 0 Å². The van der Waals surface area contributed by atoms with Crippen LogP contribution in [0.3, 0.4) is 0 Å². The predicted octanol–water partition coefficient (Wildman–Crippen LogP) is 4.87. The lowest BCUT2D eigenvalue weighted by Crippen LogP contribution is -2.33. The quantitative estimate of drug-likeness (QED) is 0.633. The maximum atomic E-state index is 6.03. The Morgan fingerprint density at radius 2 is 1.85 bits per heavy atom. The zero-order valence-electron chi connectivity index (χ0n) is 15.8. The van der Waals surface area contributed by atoms with E-state index >= 15 is 0 Å². The van der Waals surface area contributed by atoms with Gasteiger partial charge in [0.2, 0.25) is 0 Å². The van der Waals surface area contributed by atoms with Gasteiger partial charge in [0, 0.05) is 36.5 Å². The molecule has 1 unspecified atom stereocenters. The molecule has 2 aromatic carbocycles. The molecular formula is C23H28N2O. The van der Waals surface area contributed by atoms with Crippen LogP contribution in [-0.2, 0) is 13.0 Å². The molecular weight excluding hydrogens is 320 g/mol. The first-order chi connectivity index (χ1) is 12.7. The maximum Gasteiger partial charge on any atom is 0.134 e. The Morgan fingerprint density at radius 1 is 1.08 bits per heavy atom.